The standard InChI is InChI=1S/C15H18ClFO2/c1-2-18-8-5-9-19-15-11-13(6-3-4-7-16)10-14(17)12-15/h10-12H,2,4-5,7-9H2,1H3. The summed E-state index contributed by atoms with van der Waals surface area (Å²) in [7, 11) is 0. The smallest absolute Gasteiger partial charge is 0.128 e. The Balaban J connectivity index is 2.52. The molecular formula is C15H18ClFO2. The summed E-state index contributed by atoms with van der Waals surface area (Å²) in [4.78, 5) is 0. The minimum Gasteiger partial charge on any atom is -0.493 e. The van der Waals surface area contributed by atoms with Gasteiger partial charge in [-0.15, -0.1) is 11.6 Å². The third-order valence-corrected chi connectivity index (χ3v) is 2.42. The zero-order valence-electron chi connectivity index (χ0n) is 11.0. The fourth-order valence-electron chi connectivity index (χ4n) is 1.43. The van der Waals surface area contributed by atoms with E-state index in [0.29, 0.717) is 43.4 Å². The zero-order chi connectivity index (χ0) is 13.9. The molecule has 0 aliphatic heterocycles. The first kappa shape index (κ1) is 15.8. The van der Waals surface area contributed by atoms with Crippen LogP contribution in [0.5, 0.6) is 5.75 Å². The van der Waals surface area contributed by atoms with Gasteiger partial charge in [0.15, 0.2) is 0 Å². The lowest BCUT2D eigenvalue weighted by molar-refractivity contribution is 0.131. The van der Waals surface area contributed by atoms with Crippen LogP contribution in [0, 0.1) is 17.7 Å². The van der Waals surface area contributed by atoms with Crippen molar-refractivity contribution in [3.05, 3.63) is 29.6 Å². The SMILES string of the molecule is CCOCCCOc1cc(F)cc(C#CCCCl)c1. The maximum absolute atomic E-state index is 13.4. The van der Waals surface area contributed by atoms with E-state index in [1.54, 1.807) is 6.07 Å². The van der Waals surface area contributed by atoms with Crippen molar-refractivity contribution in [2.24, 2.45) is 0 Å². The molecule has 2 nitrogen and oxygen atoms in total. The lowest BCUT2D eigenvalue weighted by atomic mass is 10.2. The van der Waals surface area contributed by atoms with Gasteiger partial charge >= 0.3 is 0 Å². The first-order chi connectivity index (χ1) is 9.26. The highest BCUT2D eigenvalue weighted by atomic mass is 35.5. The summed E-state index contributed by atoms with van der Waals surface area (Å²) >= 11 is 5.53. The predicted molar refractivity (Wildman–Crippen MR) is 75.2 cm³/mol. The Hall–Kier alpha value is -1.24. The molecule has 0 saturated heterocycles. The lowest BCUT2D eigenvalue weighted by Gasteiger charge is -2.07. The number of halogens is 2. The molecular weight excluding hydrogens is 267 g/mol. The van der Waals surface area contributed by atoms with Gasteiger partial charge in [-0.05, 0) is 19.1 Å². The minimum atomic E-state index is -0.350. The number of hydrogen-bond donors (Lipinski definition) is 0. The quantitative estimate of drug-likeness (QED) is 0.433. The predicted octanol–water partition coefficient (Wildman–Crippen LogP) is 3.61. The Morgan fingerprint density at radius 3 is 2.84 bits per heavy atom. The topological polar surface area (TPSA) is 18.5 Å². The van der Waals surface area contributed by atoms with Crippen molar-refractivity contribution in [2.75, 3.05) is 25.7 Å². The molecule has 1 aromatic carbocycles. The summed E-state index contributed by atoms with van der Waals surface area (Å²) in [5.41, 5.74) is 0.602. The Labute approximate surface area is 118 Å². The summed E-state index contributed by atoms with van der Waals surface area (Å²) in [5.74, 6) is 6.34. The molecule has 0 aliphatic rings. The van der Waals surface area contributed by atoms with Gasteiger partial charge in [0.05, 0.1) is 6.61 Å². The highest BCUT2D eigenvalue weighted by molar-refractivity contribution is 6.18. The van der Waals surface area contributed by atoms with E-state index in [2.05, 4.69) is 11.8 Å². The maximum Gasteiger partial charge on any atom is 0.128 e. The van der Waals surface area contributed by atoms with Crippen LogP contribution in [0.4, 0.5) is 4.39 Å². The Bertz CT molecular complexity index is 438. The van der Waals surface area contributed by atoms with Crippen LogP contribution in [-0.2, 0) is 4.74 Å². The summed E-state index contributed by atoms with van der Waals surface area (Å²) in [6.45, 7) is 3.78. The van der Waals surface area contributed by atoms with Gasteiger partial charge in [0, 0.05) is 43.6 Å². The maximum atomic E-state index is 13.4. The molecule has 0 amide bonds. The van der Waals surface area contributed by atoms with Crippen molar-refractivity contribution < 1.29 is 13.9 Å². The van der Waals surface area contributed by atoms with Gasteiger partial charge in [-0.1, -0.05) is 11.8 Å². The fraction of sp³-hybridized carbons (Fsp3) is 0.467. The average Bonchev–Trinajstić information content (AvgIpc) is 2.38. The molecule has 0 unspecified atom stereocenters. The molecule has 0 atom stereocenters. The minimum absolute atomic E-state index is 0.350. The summed E-state index contributed by atoms with van der Waals surface area (Å²) in [6, 6.07) is 4.46. The second-order valence-corrected chi connectivity index (χ2v) is 4.19. The third-order valence-electron chi connectivity index (χ3n) is 2.23. The Morgan fingerprint density at radius 1 is 1.26 bits per heavy atom. The van der Waals surface area contributed by atoms with E-state index < -0.39 is 0 Å². The highest BCUT2D eigenvalue weighted by Crippen LogP contribution is 2.16. The van der Waals surface area contributed by atoms with Crippen molar-refractivity contribution in [3.8, 4) is 17.6 Å². The number of ether oxygens (including phenoxy) is 2. The molecule has 0 N–H and O–H groups in total. The van der Waals surface area contributed by atoms with E-state index in [1.165, 1.54) is 12.1 Å². The van der Waals surface area contributed by atoms with E-state index in [9.17, 15) is 4.39 Å². The van der Waals surface area contributed by atoms with Gasteiger partial charge in [-0.2, -0.15) is 0 Å². The van der Waals surface area contributed by atoms with E-state index in [1.807, 2.05) is 6.92 Å². The molecule has 0 bridgehead atoms. The van der Waals surface area contributed by atoms with Crippen LogP contribution < -0.4 is 4.74 Å². The molecule has 0 radical (unpaired) electrons. The lowest BCUT2D eigenvalue weighted by Crippen LogP contribution is -2.03. The van der Waals surface area contributed by atoms with Crippen molar-refractivity contribution in [3.63, 3.8) is 0 Å². The van der Waals surface area contributed by atoms with Crippen LogP contribution in [0.3, 0.4) is 0 Å². The van der Waals surface area contributed by atoms with Gasteiger partial charge in [0.1, 0.15) is 11.6 Å². The van der Waals surface area contributed by atoms with Crippen LogP contribution in [0.1, 0.15) is 25.3 Å². The van der Waals surface area contributed by atoms with Crippen LogP contribution in [-0.4, -0.2) is 25.7 Å². The van der Waals surface area contributed by atoms with Crippen molar-refractivity contribution in [2.45, 2.75) is 19.8 Å². The summed E-state index contributed by atoms with van der Waals surface area (Å²) < 4.78 is 24.0. The highest BCUT2D eigenvalue weighted by Gasteiger charge is 2.00. The molecule has 0 spiro atoms. The van der Waals surface area contributed by atoms with Gasteiger partial charge in [-0.25, -0.2) is 4.39 Å². The molecule has 4 heteroatoms. The van der Waals surface area contributed by atoms with Crippen molar-refractivity contribution >= 4 is 11.6 Å². The molecule has 0 aromatic heterocycles. The van der Waals surface area contributed by atoms with Crippen molar-refractivity contribution in [1.82, 2.24) is 0 Å². The summed E-state index contributed by atoms with van der Waals surface area (Å²) in [5, 5.41) is 0. The monoisotopic (exact) mass is 284 g/mol. The number of rotatable bonds is 7. The Kier molecular flexibility index (Phi) is 8.04. The molecule has 1 aromatic rings. The Morgan fingerprint density at radius 2 is 2.11 bits per heavy atom. The summed E-state index contributed by atoms with van der Waals surface area (Å²) in [6.07, 6.45) is 1.36. The number of hydrogen-bond acceptors (Lipinski definition) is 2. The number of benzene rings is 1. The normalized spacial score (nSPS) is 9.84. The van der Waals surface area contributed by atoms with E-state index in [0.717, 1.165) is 6.42 Å². The van der Waals surface area contributed by atoms with Gasteiger partial charge < -0.3 is 9.47 Å². The van der Waals surface area contributed by atoms with Crippen LogP contribution in [0.2, 0.25) is 0 Å². The molecule has 104 valence electrons. The van der Waals surface area contributed by atoms with Crippen molar-refractivity contribution in [1.29, 1.82) is 0 Å². The molecule has 0 aliphatic carbocycles. The molecule has 1 rings (SSSR count). The van der Waals surface area contributed by atoms with E-state index in [4.69, 9.17) is 21.1 Å². The second-order valence-electron chi connectivity index (χ2n) is 3.82. The van der Waals surface area contributed by atoms with Gasteiger partial charge in [-0.3, -0.25) is 0 Å². The first-order valence-corrected chi connectivity index (χ1v) is 6.85. The van der Waals surface area contributed by atoms with E-state index >= 15 is 0 Å². The average molecular weight is 285 g/mol. The second kappa shape index (κ2) is 9.66. The molecule has 0 saturated carbocycles. The molecule has 0 heterocycles. The third kappa shape index (κ3) is 7.05. The fourth-order valence-corrected chi connectivity index (χ4v) is 1.52. The van der Waals surface area contributed by atoms with Crippen LogP contribution in [0.15, 0.2) is 18.2 Å². The van der Waals surface area contributed by atoms with Crippen LogP contribution in [0.25, 0.3) is 0 Å². The molecule has 0 fully saturated rings. The van der Waals surface area contributed by atoms with Crippen LogP contribution >= 0.6 is 11.6 Å². The van der Waals surface area contributed by atoms with Gasteiger partial charge in [0.2, 0.25) is 0 Å². The zero-order valence-corrected chi connectivity index (χ0v) is 11.8. The first-order valence-electron chi connectivity index (χ1n) is 6.32. The van der Waals surface area contributed by atoms with Gasteiger partial charge in [0.25, 0.3) is 0 Å². The van der Waals surface area contributed by atoms with E-state index in [-0.39, 0.29) is 5.82 Å². The number of alkyl halides is 1. The molecule has 19 heavy (non-hydrogen) atoms. The largest absolute Gasteiger partial charge is 0.493 e.